The van der Waals surface area contributed by atoms with Gasteiger partial charge in [0.15, 0.2) is 0 Å². The molecule has 2 heteroatoms. The van der Waals surface area contributed by atoms with Crippen molar-refractivity contribution >= 4 is 27.8 Å². The molecule has 0 unspecified atom stereocenters. The fraction of sp³-hybridized carbons (Fsp3) is 0.0545. The number of anilines is 3. The topological polar surface area (TPSA) is 12.5 Å². The fourth-order valence-electron chi connectivity index (χ4n) is 9.35. The lowest BCUT2D eigenvalue weighted by Crippen LogP contribution is -2.15. The highest BCUT2D eigenvalue weighted by molar-refractivity contribution is 6.10. The van der Waals surface area contributed by atoms with Crippen LogP contribution in [0.3, 0.4) is 0 Å². The highest BCUT2D eigenvalue weighted by atomic mass is 16.5. The van der Waals surface area contributed by atoms with Crippen LogP contribution in [-0.2, 0) is 5.41 Å². The molecule has 0 bridgehead atoms. The Kier molecular flexibility index (Phi) is 7.55. The lowest BCUT2D eigenvalue weighted by atomic mass is 9.82. The molecule has 0 saturated heterocycles. The summed E-state index contributed by atoms with van der Waals surface area (Å²) in [5.74, 6) is 1.72. The van der Waals surface area contributed by atoms with Crippen LogP contribution in [0.5, 0.6) is 11.5 Å². The number of hydrogen-bond donors (Lipinski definition) is 0. The second-order valence-corrected chi connectivity index (χ2v) is 15.7. The van der Waals surface area contributed by atoms with Crippen molar-refractivity contribution in [1.82, 2.24) is 0 Å². The van der Waals surface area contributed by atoms with Crippen LogP contribution >= 0.6 is 0 Å². The zero-order valence-electron chi connectivity index (χ0n) is 31.9. The molecular weight excluding hydrogens is 691 g/mol. The van der Waals surface area contributed by atoms with Crippen LogP contribution in [0.1, 0.15) is 25.0 Å². The van der Waals surface area contributed by atoms with Gasteiger partial charge in [0.1, 0.15) is 11.5 Å². The van der Waals surface area contributed by atoms with E-state index in [1.165, 1.54) is 50.1 Å². The molecule has 0 N–H and O–H groups in total. The van der Waals surface area contributed by atoms with E-state index in [0.29, 0.717) is 0 Å². The van der Waals surface area contributed by atoms with Gasteiger partial charge in [-0.25, -0.2) is 0 Å². The third-order valence-electron chi connectivity index (χ3n) is 12.1. The van der Waals surface area contributed by atoms with Crippen LogP contribution in [0, 0.1) is 0 Å². The highest BCUT2D eigenvalue weighted by Crippen LogP contribution is 2.56. The molecule has 270 valence electrons. The van der Waals surface area contributed by atoms with Crippen LogP contribution < -0.4 is 9.64 Å². The first-order valence-corrected chi connectivity index (χ1v) is 19.8. The van der Waals surface area contributed by atoms with Gasteiger partial charge in [0.25, 0.3) is 0 Å². The van der Waals surface area contributed by atoms with Crippen molar-refractivity contribution in [3.63, 3.8) is 0 Å². The summed E-state index contributed by atoms with van der Waals surface area (Å²) in [4.78, 5) is 2.46. The smallest absolute Gasteiger partial charge is 0.143 e. The molecule has 1 aliphatic heterocycles. The predicted octanol–water partition coefficient (Wildman–Crippen LogP) is 15.4. The molecular formula is C55H39NO. The molecule has 9 aromatic rings. The van der Waals surface area contributed by atoms with E-state index in [-0.39, 0.29) is 5.41 Å². The molecule has 57 heavy (non-hydrogen) atoms. The summed E-state index contributed by atoms with van der Waals surface area (Å²) in [6.07, 6.45) is 0. The van der Waals surface area contributed by atoms with E-state index >= 15 is 0 Å². The van der Waals surface area contributed by atoms with Crippen LogP contribution in [0.25, 0.3) is 66.4 Å². The molecule has 0 aromatic heterocycles. The predicted molar refractivity (Wildman–Crippen MR) is 238 cm³/mol. The van der Waals surface area contributed by atoms with Crippen molar-refractivity contribution in [3.8, 4) is 67.1 Å². The zero-order chi connectivity index (χ0) is 38.1. The van der Waals surface area contributed by atoms with E-state index in [0.717, 1.165) is 56.0 Å². The number of fused-ring (bicyclic) bond motifs is 10. The van der Waals surface area contributed by atoms with Crippen LogP contribution in [-0.4, -0.2) is 0 Å². The standard InChI is InChI=1S/C55H39NO/c1-55(2)49-29-13-11-23-42(49)47-34-40(31-32-50(47)55)56(39-22-15-21-38(33-39)36-17-5-3-6-18-36)51-35-48-44-28-16-27-41(37-19-7-4-8-20-37)53(44)46-26-12-14-30-52(46)57-54(48)45-25-10-9-24-43(45)51/h3-35H,1-2H3. The summed E-state index contributed by atoms with van der Waals surface area (Å²) < 4.78 is 7.12. The van der Waals surface area contributed by atoms with Crippen molar-refractivity contribution in [2.24, 2.45) is 0 Å². The Bertz CT molecular complexity index is 3020. The van der Waals surface area contributed by atoms with Gasteiger partial charge in [-0.2, -0.15) is 0 Å². The summed E-state index contributed by atoms with van der Waals surface area (Å²) in [5.41, 5.74) is 17.7. The van der Waals surface area contributed by atoms with Crippen LogP contribution in [0.4, 0.5) is 17.1 Å². The van der Waals surface area contributed by atoms with Crippen LogP contribution in [0.2, 0.25) is 0 Å². The maximum absolute atomic E-state index is 7.12. The van der Waals surface area contributed by atoms with Gasteiger partial charge in [-0.1, -0.05) is 178 Å². The Morgan fingerprint density at radius 2 is 0.982 bits per heavy atom. The first-order chi connectivity index (χ1) is 28.0. The minimum Gasteiger partial charge on any atom is -0.455 e. The molecule has 9 aromatic carbocycles. The lowest BCUT2D eigenvalue weighted by molar-refractivity contribution is 0.493. The number of rotatable bonds is 5. The molecule has 0 atom stereocenters. The normalized spacial score (nSPS) is 13.0. The van der Waals surface area contributed by atoms with Gasteiger partial charge < -0.3 is 9.64 Å². The average Bonchev–Trinajstić information content (AvgIpc) is 3.39. The molecule has 0 fully saturated rings. The van der Waals surface area contributed by atoms with E-state index in [9.17, 15) is 0 Å². The Hall–Kier alpha value is -7.16. The van der Waals surface area contributed by atoms with Crippen LogP contribution in [0.15, 0.2) is 200 Å². The van der Waals surface area contributed by atoms with E-state index in [1.54, 1.807) is 0 Å². The molecule has 0 saturated carbocycles. The minimum absolute atomic E-state index is 0.0915. The van der Waals surface area contributed by atoms with E-state index in [2.05, 4.69) is 219 Å². The summed E-state index contributed by atoms with van der Waals surface area (Å²) in [5, 5.41) is 2.18. The molecule has 1 heterocycles. The number of para-hydroxylation sites is 1. The zero-order valence-corrected chi connectivity index (χ0v) is 31.9. The summed E-state index contributed by atoms with van der Waals surface area (Å²) >= 11 is 0. The maximum Gasteiger partial charge on any atom is 0.143 e. The van der Waals surface area contributed by atoms with Gasteiger partial charge in [-0.15, -0.1) is 0 Å². The quantitative estimate of drug-likeness (QED) is 0.175. The van der Waals surface area contributed by atoms with Crippen molar-refractivity contribution in [2.45, 2.75) is 19.3 Å². The summed E-state index contributed by atoms with van der Waals surface area (Å²) in [6.45, 7) is 4.69. The molecule has 1 aliphatic carbocycles. The van der Waals surface area contributed by atoms with E-state index < -0.39 is 0 Å². The molecule has 2 aliphatic rings. The lowest BCUT2D eigenvalue weighted by Gasteiger charge is -2.30. The minimum atomic E-state index is -0.0915. The Labute approximate surface area is 333 Å². The Morgan fingerprint density at radius 1 is 0.386 bits per heavy atom. The van der Waals surface area contributed by atoms with E-state index in [4.69, 9.17) is 4.74 Å². The molecule has 0 spiro atoms. The summed E-state index contributed by atoms with van der Waals surface area (Å²) in [7, 11) is 0. The molecule has 0 radical (unpaired) electrons. The van der Waals surface area contributed by atoms with Crippen molar-refractivity contribution < 1.29 is 4.74 Å². The first kappa shape index (κ1) is 33.2. The largest absolute Gasteiger partial charge is 0.455 e. The third-order valence-corrected chi connectivity index (χ3v) is 12.1. The fourth-order valence-corrected chi connectivity index (χ4v) is 9.35. The van der Waals surface area contributed by atoms with Gasteiger partial charge in [-0.05, 0) is 86.5 Å². The van der Waals surface area contributed by atoms with E-state index in [1.807, 2.05) is 0 Å². The number of nitrogens with zero attached hydrogens (tertiary/aromatic N) is 1. The second kappa shape index (κ2) is 13.0. The van der Waals surface area contributed by atoms with Gasteiger partial charge in [-0.3, -0.25) is 0 Å². The number of benzene rings is 9. The Balaban J connectivity index is 1.22. The van der Waals surface area contributed by atoms with Gasteiger partial charge in [0.05, 0.1) is 5.69 Å². The second-order valence-electron chi connectivity index (χ2n) is 15.7. The maximum atomic E-state index is 7.12. The van der Waals surface area contributed by atoms with Gasteiger partial charge in [0.2, 0.25) is 0 Å². The molecule has 0 amide bonds. The summed E-state index contributed by atoms with van der Waals surface area (Å²) in [6, 6.07) is 72.6. The highest BCUT2D eigenvalue weighted by Gasteiger charge is 2.36. The molecule has 2 nitrogen and oxygen atoms in total. The third kappa shape index (κ3) is 5.25. The van der Waals surface area contributed by atoms with Crippen molar-refractivity contribution in [2.75, 3.05) is 4.90 Å². The van der Waals surface area contributed by atoms with Gasteiger partial charge >= 0.3 is 0 Å². The van der Waals surface area contributed by atoms with Crippen molar-refractivity contribution in [3.05, 3.63) is 211 Å². The number of ether oxygens (including phenoxy) is 1. The van der Waals surface area contributed by atoms with Crippen molar-refractivity contribution in [1.29, 1.82) is 0 Å². The average molecular weight is 730 g/mol. The Morgan fingerprint density at radius 3 is 1.81 bits per heavy atom. The monoisotopic (exact) mass is 729 g/mol. The number of hydrogen-bond acceptors (Lipinski definition) is 2. The first-order valence-electron chi connectivity index (χ1n) is 19.8. The molecule has 11 rings (SSSR count). The van der Waals surface area contributed by atoms with Gasteiger partial charge in [0, 0.05) is 44.3 Å². The SMILES string of the molecule is CC1(C)c2ccccc2-c2cc(N(c3cccc(-c4ccccc4)c3)c3cc4c(c5ccccc35)Oc3ccccc3-c3c(-c5ccccc5)cccc3-4)ccc21.